The Morgan fingerprint density at radius 1 is 0.556 bits per heavy atom. The van der Waals surface area contributed by atoms with Crippen molar-refractivity contribution in [1.29, 1.82) is 0 Å². The normalized spacial score (nSPS) is 21.2. The van der Waals surface area contributed by atoms with E-state index in [9.17, 15) is 63.0 Å². The zero-order valence-corrected chi connectivity index (χ0v) is 86.6. The van der Waals surface area contributed by atoms with E-state index in [1.807, 2.05) is 84.4 Å². The number of carboxylic acids is 1. The van der Waals surface area contributed by atoms with Gasteiger partial charge < -0.3 is 79.8 Å². The van der Waals surface area contributed by atoms with Crippen LogP contribution in [0.15, 0.2) is 110 Å². The van der Waals surface area contributed by atoms with Gasteiger partial charge in [0.25, 0.3) is 5.91 Å². The molecule has 11 amide bonds. The van der Waals surface area contributed by atoms with E-state index in [0.29, 0.717) is 78.2 Å². The molecule has 744 valence electrons. The van der Waals surface area contributed by atoms with Crippen LogP contribution >= 0.6 is 58.0 Å². The van der Waals surface area contributed by atoms with Gasteiger partial charge in [-0.2, -0.15) is 0 Å². The van der Waals surface area contributed by atoms with Crippen molar-refractivity contribution in [2.45, 2.75) is 255 Å². The third kappa shape index (κ3) is 32.2. The number of imidazole rings is 1. The Bertz CT molecular complexity index is 5080. The van der Waals surface area contributed by atoms with Crippen LogP contribution in [0.1, 0.15) is 195 Å². The minimum Gasteiger partial charge on any atom is -0.497 e. The zero-order valence-electron chi connectivity index (χ0n) is 82.8. The van der Waals surface area contributed by atoms with Gasteiger partial charge in [0.1, 0.15) is 72.3 Å². The van der Waals surface area contributed by atoms with Crippen molar-refractivity contribution in [3.63, 3.8) is 0 Å². The molecule has 3 heterocycles. The Morgan fingerprint density at radius 3 is 1.58 bits per heavy atom. The summed E-state index contributed by atoms with van der Waals surface area (Å²) >= 11 is 30.4. The maximum Gasteiger partial charge on any atom is 0.307 e. The Morgan fingerprint density at radius 2 is 1.07 bits per heavy atom. The Hall–Kier alpha value is -10.2. The van der Waals surface area contributed by atoms with E-state index in [4.69, 9.17) is 67.5 Å². The number of ether oxygens (including phenoxy) is 2. The maximum atomic E-state index is 15.1. The first-order valence-corrected chi connectivity index (χ1v) is 47.6. The summed E-state index contributed by atoms with van der Waals surface area (Å²) < 4.78 is 14.8. The SMILES string of the molecule is C/C=C/C[C@@H](C)[C@@H](O)[C@H]1C(=O)N[C@@H](CC)C(=O)N(C)CC(=O)N(C)[C@@H](CC(C)C)C(=O)N[C@@H](C(C)C)C(=O)N(C)[C@@H](CC(C)C)C(=O)N[C@@H](C)C(=O)N[C@H](C)C(=O)N(C)[C@@H](CC(C)C)C(=O)N(C)[C@@H](CC(C)C)C(=O)N(C)[C@@H](C(C)C)C(=O)N1C.COc1ccc2c(c1)c(CC(=O)O)c(C)n2C(=O)c1ccc(Cl)cc1.Clc1ccc(COC(Cn2ccnc2)c2ccc(Cl)cc2Cl)c(Cl)c1. The Balaban J connectivity index is 0.000000508. The number of aliphatic hydroxyl groups is 1. The second-order valence-corrected chi connectivity index (χ2v) is 39.3. The highest BCUT2D eigenvalue weighted by Crippen LogP contribution is 2.35. The van der Waals surface area contributed by atoms with Gasteiger partial charge in [-0.25, -0.2) is 4.98 Å². The molecule has 1 aliphatic heterocycles. The minimum atomic E-state index is -1.61. The number of hydrogen-bond donors (Lipinski definition) is 6. The summed E-state index contributed by atoms with van der Waals surface area (Å²) in [6.07, 6.45) is 7.91. The first kappa shape index (κ1) is 115. The number of likely N-dealkylation sites (N-methyl/N-ethyl adjacent to an activating group) is 7. The van der Waals surface area contributed by atoms with Gasteiger partial charge in [0.2, 0.25) is 65.0 Å². The molecule has 135 heavy (non-hydrogen) atoms. The van der Waals surface area contributed by atoms with E-state index in [2.05, 4.69) is 26.3 Å². The molecule has 7 rings (SSSR count). The molecule has 0 bridgehead atoms. The molecule has 1 unspecified atom stereocenters. The predicted molar refractivity (Wildman–Crippen MR) is 527 cm³/mol. The van der Waals surface area contributed by atoms with Crippen LogP contribution in [-0.4, -0.2) is 265 Å². The number of methoxy groups -OCH3 is 1. The molecule has 6 aromatic rings. The Kier molecular flexibility index (Phi) is 45.7. The van der Waals surface area contributed by atoms with Crippen LogP contribution in [0, 0.1) is 48.3 Å². The lowest BCUT2D eigenvalue weighted by Gasteiger charge is -2.41. The highest BCUT2D eigenvalue weighted by Gasteiger charge is 2.46. The fraction of sp³-hybridized carbons (Fsp3) is 0.556. The number of nitrogens with zero attached hydrogens (tertiary/aromatic N) is 10. The van der Waals surface area contributed by atoms with Crippen LogP contribution in [0.25, 0.3) is 10.9 Å². The van der Waals surface area contributed by atoms with E-state index in [1.165, 1.54) is 92.2 Å². The lowest BCUT2D eigenvalue weighted by molar-refractivity contribution is -0.157. The fourth-order valence-electron chi connectivity index (χ4n) is 16.0. The van der Waals surface area contributed by atoms with Gasteiger partial charge >= 0.3 is 5.97 Å². The molecule has 13 atom stereocenters. The highest BCUT2D eigenvalue weighted by atomic mass is 35.5. The van der Waals surface area contributed by atoms with E-state index >= 15 is 9.59 Å². The average Bonchev–Trinajstić information content (AvgIpc) is 1.61. The summed E-state index contributed by atoms with van der Waals surface area (Å²) in [5.41, 5.74) is 4.03. The second kappa shape index (κ2) is 53.5. The summed E-state index contributed by atoms with van der Waals surface area (Å²) in [6.45, 7) is 32.0. The molecule has 0 spiro atoms. The largest absolute Gasteiger partial charge is 0.497 e. The van der Waals surface area contributed by atoms with Crippen LogP contribution in [0.3, 0.4) is 0 Å². The molecular formula is C99H141Cl5N14O17. The average molecular weight is 1980 g/mol. The number of nitrogens with one attached hydrogen (secondary N) is 4. The standard InChI is InChI=1S/C62H111N11O12.C19H16ClNO4.C18H14Cl4N2O/c1-25-27-28-40(15)52(75)51-56(79)65-43(26-2)58(81)67(18)33-48(74)68(19)44(29-34(3)4)55(78)66-49(38(11)12)61(84)69(20)45(30-35(5)6)54(77)63-41(16)53(76)64-42(17)57(80)70(21)46(31-36(7)8)59(82)71(22)47(32-37(9)10)60(83)72(23)50(39(13)14)62(85)73(51)24;1-11-15(10-18(22)23)16-9-14(25-2)7-8-17(16)21(11)19(24)12-3-5-13(20)6-4-12;19-13-2-1-12(16(21)7-13)10-25-18(9-24-6-5-23-11-24)15-4-3-14(20)8-17(15)22/h25,27,34-47,49-52,75H,26,28-33H2,1-24H3,(H,63,77)(H,64,76)(H,65,79)(H,66,78);3-9H,10H2,1-2H3,(H,22,23);1-8,11,18H,9-10H2/b27-25+;;/t40-,41+,42-,43+,44+,45+,46+,47+,49+,50+,51+,52-;;/m1../s1. The number of carbonyl (C=O) groups excluding carboxylic acids is 12. The summed E-state index contributed by atoms with van der Waals surface area (Å²) in [4.78, 5) is 197. The topological polar surface area (TPSA) is 374 Å². The first-order valence-electron chi connectivity index (χ1n) is 45.7. The molecule has 0 saturated carbocycles. The monoisotopic (exact) mass is 1970 g/mol. The minimum absolute atomic E-state index is 0.0229. The number of aromatic nitrogens is 3. The van der Waals surface area contributed by atoms with E-state index in [-0.39, 0.29) is 74.2 Å². The van der Waals surface area contributed by atoms with Gasteiger partial charge in [-0.1, -0.05) is 179 Å². The number of benzene rings is 4. The molecule has 4 aromatic carbocycles. The zero-order chi connectivity index (χ0) is 102. The lowest BCUT2D eigenvalue weighted by Crippen LogP contribution is -2.63. The van der Waals surface area contributed by atoms with Crippen LogP contribution in [0.5, 0.6) is 5.75 Å². The third-order valence-corrected chi connectivity index (χ3v) is 25.3. The molecule has 36 heteroatoms. The van der Waals surface area contributed by atoms with Crippen LogP contribution < -0.4 is 26.0 Å². The molecule has 1 fully saturated rings. The molecule has 0 aliphatic carbocycles. The van der Waals surface area contributed by atoms with Gasteiger partial charge in [-0.05, 0) is 186 Å². The number of amides is 11. The van der Waals surface area contributed by atoms with Crippen molar-refractivity contribution >= 4 is 146 Å². The summed E-state index contributed by atoms with van der Waals surface area (Å²) in [5, 5.41) is 35.8. The van der Waals surface area contributed by atoms with Crippen LogP contribution in [-0.2, 0) is 81.8 Å². The van der Waals surface area contributed by atoms with Crippen LogP contribution in [0.4, 0.5) is 0 Å². The summed E-state index contributed by atoms with van der Waals surface area (Å²) in [7, 11) is 11.5. The second-order valence-electron chi connectivity index (χ2n) is 37.2. The van der Waals surface area contributed by atoms with E-state index in [1.54, 1.807) is 148 Å². The molecule has 6 N–H and O–H groups in total. The number of hydrogen-bond acceptors (Lipinski definition) is 17. The van der Waals surface area contributed by atoms with Crippen molar-refractivity contribution in [2.24, 2.45) is 41.4 Å². The number of rotatable bonds is 25. The number of aliphatic carboxylic acids is 1. The van der Waals surface area contributed by atoms with Crippen molar-refractivity contribution in [3.05, 3.63) is 163 Å². The first-order chi connectivity index (χ1) is 63.2. The smallest absolute Gasteiger partial charge is 0.307 e. The molecule has 1 saturated heterocycles. The molecular weight excluding hydrogens is 1830 g/mol. The van der Waals surface area contributed by atoms with Gasteiger partial charge in [-0.15, -0.1) is 0 Å². The van der Waals surface area contributed by atoms with Crippen molar-refractivity contribution in [1.82, 2.24) is 69.7 Å². The summed E-state index contributed by atoms with van der Waals surface area (Å²) in [5.74, 6) is -10.3. The number of halogens is 5. The van der Waals surface area contributed by atoms with Gasteiger partial charge in [0.05, 0.1) is 51.2 Å². The predicted octanol–water partition coefficient (Wildman–Crippen LogP) is 13.7. The number of aliphatic hydroxyl groups excluding tert-OH is 1. The van der Waals surface area contributed by atoms with Gasteiger partial charge in [0, 0.05) is 109 Å². The Labute approximate surface area is 820 Å². The quantitative estimate of drug-likeness (QED) is 0.0290. The van der Waals surface area contributed by atoms with E-state index < -0.39 is 162 Å². The highest BCUT2D eigenvalue weighted by molar-refractivity contribution is 6.35. The van der Waals surface area contributed by atoms with Crippen molar-refractivity contribution in [3.8, 4) is 5.75 Å². The van der Waals surface area contributed by atoms with Crippen molar-refractivity contribution < 1.29 is 82.0 Å². The maximum absolute atomic E-state index is 15.1. The molecule has 0 radical (unpaired) electrons. The lowest BCUT2D eigenvalue weighted by atomic mass is 9.91. The molecule has 2 aromatic heterocycles. The number of carbonyl (C=O) groups is 13. The number of fused-ring (bicyclic) bond motifs is 1. The van der Waals surface area contributed by atoms with Crippen molar-refractivity contribution in [2.75, 3.05) is 63.0 Å². The van der Waals surface area contributed by atoms with E-state index in [0.717, 1.165) is 20.9 Å². The summed E-state index contributed by atoms with van der Waals surface area (Å²) in [6, 6.07) is 10.2. The van der Waals surface area contributed by atoms with Gasteiger partial charge in [0.15, 0.2) is 0 Å². The number of allylic oxidation sites excluding steroid dienone is 2. The third-order valence-electron chi connectivity index (χ3n) is 23.9. The molecule has 1 aliphatic rings. The van der Waals surface area contributed by atoms with Gasteiger partial charge in [-0.3, -0.25) is 66.9 Å². The van der Waals surface area contributed by atoms with Crippen LogP contribution in [0.2, 0.25) is 25.1 Å². The fourth-order valence-corrected chi connectivity index (χ4v) is 17.2. The molecule has 31 nitrogen and oxygen atoms in total. The number of carboxylic acid groups (broad SMARTS) is 1.